The van der Waals surface area contributed by atoms with Crippen molar-refractivity contribution in [1.82, 2.24) is 0 Å². The molecule has 0 N–H and O–H groups in total. The zero-order valence-electron chi connectivity index (χ0n) is 14.9. The van der Waals surface area contributed by atoms with Gasteiger partial charge in [0.1, 0.15) is 5.56 Å². The molecule has 0 amide bonds. The minimum absolute atomic E-state index is 0.0512. The predicted octanol–water partition coefficient (Wildman–Crippen LogP) is 4.00. The molecule has 0 saturated carbocycles. The molecule has 2 aromatic carbocycles. The molecule has 1 aromatic heterocycles. The van der Waals surface area contributed by atoms with E-state index in [4.69, 9.17) is 9.15 Å². The standard InChI is InChI=1S/C20H21NO4/c1-5-21(6-2)17-14-10-8-7-9-13(14)16-11-15(12(3)22)20(23)25-18(16)19(17)24-4/h7-11H,5-6H2,1-4H3. The van der Waals surface area contributed by atoms with Crippen LogP contribution in [0.3, 0.4) is 0 Å². The summed E-state index contributed by atoms with van der Waals surface area (Å²) in [5.41, 5.74) is 0.682. The lowest BCUT2D eigenvalue weighted by atomic mass is 10.0. The molecule has 0 aliphatic carbocycles. The number of ether oxygens (including phenoxy) is 1. The fraction of sp³-hybridized carbons (Fsp3) is 0.300. The Kier molecular flexibility index (Phi) is 4.49. The summed E-state index contributed by atoms with van der Waals surface area (Å²) in [5.74, 6) is 0.205. The zero-order valence-corrected chi connectivity index (χ0v) is 14.9. The number of benzene rings is 2. The van der Waals surface area contributed by atoms with E-state index >= 15 is 0 Å². The van der Waals surface area contributed by atoms with Gasteiger partial charge in [-0.3, -0.25) is 4.79 Å². The van der Waals surface area contributed by atoms with Crippen molar-refractivity contribution in [2.45, 2.75) is 20.8 Å². The second kappa shape index (κ2) is 6.59. The number of rotatable bonds is 5. The molecule has 0 unspecified atom stereocenters. The summed E-state index contributed by atoms with van der Waals surface area (Å²) in [6.45, 7) is 7.08. The van der Waals surface area contributed by atoms with Gasteiger partial charge in [0, 0.05) is 23.9 Å². The first kappa shape index (κ1) is 17.0. The van der Waals surface area contributed by atoms with Crippen molar-refractivity contribution in [2.24, 2.45) is 0 Å². The SMILES string of the molecule is CCN(CC)c1c(OC)c2oc(=O)c(C(C)=O)cc2c2ccccc12. The summed E-state index contributed by atoms with van der Waals surface area (Å²) in [6.07, 6.45) is 0. The molecule has 0 spiro atoms. The number of fused-ring (bicyclic) bond motifs is 3. The van der Waals surface area contributed by atoms with Crippen molar-refractivity contribution in [1.29, 1.82) is 0 Å². The average molecular weight is 339 g/mol. The van der Waals surface area contributed by atoms with Crippen molar-refractivity contribution in [3.8, 4) is 5.75 Å². The highest BCUT2D eigenvalue weighted by atomic mass is 16.5. The Morgan fingerprint density at radius 2 is 1.76 bits per heavy atom. The first-order valence-electron chi connectivity index (χ1n) is 8.35. The van der Waals surface area contributed by atoms with Crippen LogP contribution in [0.15, 0.2) is 39.5 Å². The summed E-state index contributed by atoms with van der Waals surface area (Å²) in [5, 5.41) is 2.62. The predicted molar refractivity (Wildman–Crippen MR) is 100 cm³/mol. The second-order valence-corrected chi connectivity index (χ2v) is 5.85. The Morgan fingerprint density at radius 1 is 1.12 bits per heavy atom. The van der Waals surface area contributed by atoms with Crippen molar-refractivity contribution in [3.63, 3.8) is 0 Å². The maximum absolute atomic E-state index is 12.2. The normalized spacial score (nSPS) is 11.0. The van der Waals surface area contributed by atoms with Gasteiger partial charge in [-0.05, 0) is 32.2 Å². The second-order valence-electron chi connectivity index (χ2n) is 5.85. The molecule has 5 nitrogen and oxygen atoms in total. The molecule has 0 saturated heterocycles. The highest BCUT2D eigenvalue weighted by molar-refractivity contribution is 6.16. The van der Waals surface area contributed by atoms with E-state index in [-0.39, 0.29) is 11.3 Å². The van der Waals surface area contributed by atoms with Gasteiger partial charge in [-0.1, -0.05) is 24.3 Å². The molecule has 0 fully saturated rings. The highest BCUT2D eigenvalue weighted by Gasteiger charge is 2.22. The number of nitrogens with zero attached hydrogens (tertiary/aromatic N) is 1. The third-order valence-electron chi connectivity index (χ3n) is 4.50. The van der Waals surface area contributed by atoms with Crippen LogP contribution in [0.25, 0.3) is 21.7 Å². The van der Waals surface area contributed by atoms with Crippen LogP contribution in [-0.4, -0.2) is 26.0 Å². The van der Waals surface area contributed by atoms with Gasteiger partial charge in [-0.15, -0.1) is 0 Å². The van der Waals surface area contributed by atoms with Gasteiger partial charge in [0.15, 0.2) is 17.1 Å². The Hall–Kier alpha value is -2.82. The Bertz CT molecular complexity index is 1020. The maximum atomic E-state index is 12.2. The fourth-order valence-corrected chi connectivity index (χ4v) is 3.28. The molecule has 0 aliphatic rings. The van der Waals surface area contributed by atoms with E-state index in [1.165, 1.54) is 6.92 Å². The lowest BCUT2D eigenvalue weighted by Gasteiger charge is -2.26. The van der Waals surface area contributed by atoms with Crippen LogP contribution in [-0.2, 0) is 0 Å². The molecule has 3 aromatic rings. The van der Waals surface area contributed by atoms with E-state index in [2.05, 4.69) is 18.7 Å². The Labute approximate surface area is 145 Å². The summed E-state index contributed by atoms with van der Waals surface area (Å²) in [4.78, 5) is 26.2. The monoisotopic (exact) mass is 339 g/mol. The molecule has 130 valence electrons. The fourth-order valence-electron chi connectivity index (χ4n) is 3.28. The summed E-state index contributed by atoms with van der Waals surface area (Å²) < 4.78 is 11.2. The van der Waals surface area contributed by atoms with Gasteiger partial charge < -0.3 is 14.1 Å². The van der Waals surface area contributed by atoms with Crippen molar-refractivity contribution < 1.29 is 13.9 Å². The third-order valence-corrected chi connectivity index (χ3v) is 4.50. The summed E-state index contributed by atoms with van der Waals surface area (Å²) in [7, 11) is 1.56. The molecule has 1 heterocycles. The van der Waals surface area contributed by atoms with Gasteiger partial charge in [0.2, 0.25) is 0 Å². The number of anilines is 1. The molecule has 0 radical (unpaired) electrons. The summed E-state index contributed by atoms with van der Waals surface area (Å²) in [6, 6.07) is 9.49. The number of carbonyl (C=O) groups is 1. The number of hydrogen-bond acceptors (Lipinski definition) is 5. The number of ketones is 1. The molecule has 3 rings (SSSR count). The van der Waals surface area contributed by atoms with Gasteiger partial charge in [-0.2, -0.15) is 0 Å². The number of methoxy groups -OCH3 is 1. The molecule has 0 bridgehead atoms. The Balaban J connectivity index is 2.58. The van der Waals surface area contributed by atoms with E-state index in [1.54, 1.807) is 13.2 Å². The van der Waals surface area contributed by atoms with Gasteiger partial charge in [0.25, 0.3) is 0 Å². The molecule has 25 heavy (non-hydrogen) atoms. The van der Waals surface area contributed by atoms with Crippen LogP contribution >= 0.6 is 0 Å². The summed E-state index contributed by atoms with van der Waals surface area (Å²) >= 11 is 0. The minimum Gasteiger partial charge on any atom is -0.491 e. The van der Waals surface area contributed by atoms with Crippen molar-refractivity contribution >= 4 is 33.2 Å². The highest BCUT2D eigenvalue weighted by Crippen LogP contribution is 2.43. The molecule has 5 heteroatoms. The molecular weight excluding hydrogens is 318 g/mol. The van der Waals surface area contributed by atoms with E-state index in [0.29, 0.717) is 16.7 Å². The molecule has 0 aliphatic heterocycles. The third kappa shape index (κ3) is 2.65. The van der Waals surface area contributed by atoms with Gasteiger partial charge >= 0.3 is 5.63 Å². The van der Waals surface area contributed by atoms with Crippen LogP contribution in [0.4, 0.5) is 5.69 Å². The van der Waals surface area contributed by atoms with Gasteiger partial charge in [-0.25, -0.2) is 4.79 Å². The maximum Gasteiger partial charge on any atom is 0.347 e. The van der Waals surface area contributed by atoms with E-state index in [9.17, 15) is 9.59 Å². The quantitative estimate of drug-likeness (QED) is 0.399. The smallest absolute Gasteiger partial charge is 0.347 e. The first-order chi connectivity index (χ1) is 12.0. The Morgan fingerprint density at radius 3 is 2.32 bits per heavy atom. The van der Waals surface area contributed by atoms with E-state index < -0.39 is 5.63 Å². The van der Waals surface area contributed by atoms with Crippen LogP contribution in [0.5, 0.6) is 5.75 Å². The molecular formula is C20H21NO4. The van der Waals surface area contributed by atoms with E-state index in [1.807, 2.05) is 24.3 Å². The zero-order chi connectivity index (χ0) is 18.1. The van der Waals surface area contributed by atoms with Crippen molar-refractivity contribution in [3.05, 3.63) is 46.3 Å². The number of hydrogen-bond donors (Lipinski definition) is 0. The first-order valence-corrected chi connectivity index (χ1v) is 8.35. The van der Waals surface area contributed by atoms with Crippen LogP contribution < -0.4 is 15.3 Å². The largest absolute Gasteiger partial charge is 0.491 e. The lowest BCUT2D eigenvalue weighted by molar-refractivity contribution is 0.101. The lowest BCUT2D eigenvalue weighted by Crippen LogP contribution is -2.23. The van der Waals surface area contributed by atoms with Crippen LogP contribution in [0.2, 0.25) is 0 Å². The minimum atomic E-state index is -0.640. The van der Waals surface area contributed by atoms with Gasteiger partial charge in [0.05, 0.1) is 12.8 Å². The van der Waals surface area contributed by atoms with E-state index in [0.717, 1.165) is 29.5 Å². The van der Waals surface area contributed by atoms with Crippen LogP contribution in [0.1, 0.15) is 31.1 Å². The van der Waals surface area contributed by atoms with Crippen LogP contribution in [0, 0.1) is 0 Å². The average Bonchev–Trinajstić information content (AvgIpc) is 2.62. The van der Waals surface area contributed by atoms with Crippen molar-refractivity contribution in [2.75, 3.05) is 25.1 Å². The number of Topliss-reactive ketones (excluding diaryl/α,β-unsaturated/α-hetero) is 1. The molecule has 0 atom stereocenters. The topological polar surface area (TPSA) is 59.8 Å². The number of carbonyl (C=O) groups excluding carboxylic acids is 1.